The zero-order chi connectivity index (χ0) is 43.4. The van der Waals surface area contributed by atoms with Gasteiger partial charge in [-0.1, -0.05) is 77.1 Å². The molecule has 14 heteroatoms. The van der Waals surface area contributed by atoms with Gasteiger partial charge in [0.15, 0.2) is 5.78 Å². The molecular formula is C46H59ClN6O7. The van der Waals surface area contributed by atoms with Crippen molar-refractivity contribution >= 4 is 63.4 Å². The summed E-state index contributed by atoms with van der Waals surface area (Å²) in [4.78, 5) is 92.9. The van der Waals surface area contributed by atoms with Gasteiger partial charge in [-0.3, -0.25) is 39.1 Å². The summed E-state index contributed by atoms with van der Waals surface area (Å²) in [5.41, 5.74) is 4.80. The first-order valence-electron chi connectivity index (χ1n) is 21.3. The Labute approximate surface area is 357 Å². The van der Waals surface area contributed by atoms with Gasteiger partial charge in [-0.25, -0.2) is 0 Å². The van der Waals surface area contributed by atoms with E-state index in [-0.39, 0.29) is 37.0 Å². The zero-order valence-corrected chi connectivity index (χ0v) is 36.3. The molecule has 1 saturated heterocycles. The number of fused-ring (bicyclic) bond motifs is 1. The highest BCUT2D eigenvalue weighted by atomic mass is 35.5. The first-order chi connectivity index (χ1) is 28.5. The van der Waals surface area contributed by atoms with Crippen LogP contribution >= 0.6 is 11.6 Å². The molecular weight excluding hydrogens is 784 g/mol. The first kappa shape index (κ1) is 44.5. The Morgan fingerprint density at radius 2 is 1.75 bits per heavy atom. The zero-order valence-electron chi connectivity index (χ0n) is 35.5. The second-order valence-corrected chi connectivity index (χ2v) is 18.5. The van der Waals surface area contributed by atoms with Crippen molar-refractivity contribution in [3.05, 3.63) is 76.5 Å². The van der Waals surface area contributed by atoms with E-state index < -0.39 is 58.7 Å². The molecule has 6 rings (SSSR count). The summed E-state index contributed by atoms with van der Waals surface area (Å²) in [5.74, 6) is -2.69. The lowest BCUT2D eigenvalue weighted by atomic mass is 9.84. The SMILES string of the molecule is CCC[C@H](NC(=O)[C@@H]1C[C@]2(C=C(c3cccc(Cl)c3)NO2)CN1C(=O)[C@@H](NC(=O)CC1CCCCC1)C(C)(C)C)C(=O)C(=O)NC(C)Cc1c[nH]c2ccc(C(C)=O)cc12. The van der Waals surface area contributed by atoms with Crippen molar-refractivity contribution in [2.45, 2.75) is 136 Å². The third kappa shape index (κ3) is 10.5. The lowest BCUT2D eigenvalue weighted by Gasteiger charge is -2.36. The molecule has 1 unspecified atom stereocenters. The number of benzene rings is 2. The summed E-state index contributed by atoms with van der Waals surface area (Å²) < 4.78 is 0. The van der Waals surface area contributed by atoms with E-state index in [2.05, 4.69) is 26.4 Å². The summed E-state index contributed by atoms with van der Waals surface area (Å²) in [6, 6.07) is 8.92. The van der Waals surface area contributed by atoms with Gasteiger partial charge in [-0.15, -0.1) is 0 Å². The van der Waals surface area contributed by atoms with Crippen LogP contribution in [0.25, 0.3) is 16.6 Å². The molecule has 5 atom stereocenters. The van der Waals surface area contributed by atoms with E-state index in [4.69, 9.17) is 16.4 Å². The summed E-state index contributed by atoms with van der Waals surface area (Å²) in [6.45, 7) is 10.7. The number of hydroxylamine groups is 1. The van der Waals surface area contributed by atoms with E-state index in [0.29, 0.717) is 35.5 Å². The van der Waals surface area contributed by atoms with Gasteiger partial charge in [0.25, 0.3) is 5.91 Å². The van der Waals surface area contributed by atoms with Crippen LogP contribution in [0.2, 0.25) is 5.02 Å². The number of likely N-dealkylation sites (tertiary alicyclic amines) is 1. The number of ketones is 2. The minimum absolute atomic E-state index is 0.0157. The van der Waals surface area contributed by atoms with Crippen LogP contribution in [-0.4, -0.2) is 81.4 Å². The van der Waals surface area contributed by atoms with Crippen LogP contribution in [0.4, 0.5) is 0 Å². The van der Waals surface area contributed by atoms with Gasteiger partial charge < -0.3 is 25.8 Å². The normalized spacial score (nSPS) is 20.9. The van der Waals surface area contributed by atoms with Gasteiger partial charge in [0.2, 0.25) is 23.5 Å². The maximum atomic E-state index is 14.8. The Morgan fingerprint density at radius 1 is 1.00 bits per heavy atom. The number of nitrogens with zero attached hydrogens (tertiary/aromatic N) is 1. The van der Waals surface area contributed by atoms with Crippen LogP contribution in [0.15, 0.2) is 54.7 Å². The summed E-state index contributed by atoms with van der Waals surface area (Å²) in [5, 5.41) is 10.0. The highest BCUT2D eigenvalue weighted by Gasteiger charge is 2.54. The number of rotatable bonds is 15. The molecule has 1 spiro atoms. The molecule has 2 aliphatic heterocycles. The maximum Gasteiger partial charge on any atom is 0.289 e. The highest BCUT2D eigenvalue weighted by Crippen LogP contribution is 2.39. The predicted octanol–water partition coefficient (Wildman–Crippen LogP) is 6.34. The average molecular weight is 843 g/mol. The molecule has 2 fully saturated rings. The van der Waals surface area contributed by atoms with E-state index in [1.54, 1.807) is 25.1 Å². The van der Waals surface area contributed by atoms with Gasteiger partial charge in [-0.2, -0.15) is 0 Å². The molecule has 2 aromatic carbocycles. The number of nitrogens with one attached hydrogen (secondary N) is 5. The molecule has 3 aliphatic rings. The van der Waals surface area contributed by atoms with E-state index >= 15 is 0 Å². The fourth-order valence-corrected chi connectivity index (χ4v) is 8.93. The number of amides is 4. The van der Waals surface area contributed by atoms with Gasteiger partial charge in [0.05, 0.1) is 18.3 Å². The fourth-order valence-electron chi connectivity index (χ4n) is 8.74. The standard InChI is InChI=1S/C46H59ClN6O7/c1-7-12-36(40(56)43(58)49-27(2)19-32-25-48-35-18-17-30(28(3)54)22-34(32)35)50-42(57)38-24-46(23-37(52-60-46)31-15-11-16-33(47)21-31)26-53(38)44(59)41(45(4,5)6)51-39(55)20-29-13-9-8-10-14-29/h11,15-18,21-23,25,27,29,36,38,41,48,52H,7-10,12-14,19-20,24,26H2,1-6H3,(H,49,58)(H,50,57)(H,51,55)/t27?,36-,38-,41+,46+/m0/s1. The van der Waals surface area contributed by atoms with Crippen molar-refractivity contribution in [2.24, 2.45) is 11.3 Å². The molecule has 322 valence electrons. The van der Waals surface area contributed by atoms with Crippen LogP contribution in [0.3, 0.4) is 0 Å². The van der Waals surface area contributed by atoms with E-state index in [1.807, 2.05) is 64.2 Å². The van der Waals surface area contributed by atoms with E-state index in [0.717, 1.165) is 54.1 Å². The molecule has 3 heterocycles. The van der Waals surface area contributed by atoms with Crippen molar-refractivity contribution in [1.29, 1.82) is 0 Å². The number of halogens is 1. The number of carbonyl (C=O) groups is 6. The Morgan fingerprint density at radius 3 is 2.43 bits per heavy atom. The van der Waals surface area contributed by atoms with Gasteiger partial charge in [-0.05, 0) is 92.8 Å². The second-order valence-electron chi connectivity index (χ2n) is 18.0. The minimum Gasteiger partial charge on any atom is -0.361 e. The molecule has 60 heavy (non-hydrogen) atoms. The van der Waals surface area contributed by atoms with Crippen molar-refractivity contribution in [3.63, 3.8) is 0 Å². The molecule has 1 aliphatic carbocycles. The second kappa shape index (κ2) is 18.7. The number of aromatic nitrogens is 1. The van der Waals surface area contributed by atoms with E-state index in [9.17, 15) is 28.8 Å². The molecule has 3 aromatic rings. The lowest BCUT2D eigenvalue weighted by molar-refractivity contribution is -0.145. The number of carbonyl (C=O) groups excluding carboxylic acids is 6. The highest BCUT2D eigenvalue weighted by molar-refractivity contribution is 6.38. The van der Waals surface area contributed by atoms with Crippen molar-refractivity contribution < 1.29 is 33.6 Å². The molecule has 13 nitrogen and oxygen atoms in total. The largest absolute Gasteiger partial charge is 0.361 e. The Kier molecular flexibility index (Phi) is 13.9. The minimum atomic E-state index is -1.16. The molecule has 0 bridgehead atoms. The molecule has 1 saturated carbocycles. The van der Waals surface area contributed by atoms with Gasteiger partial charge in [0, 0.05) is 52.1 Å². The van der Waals surface area contributed by atoms with Crippen LogP contribution in [0.1, 0.15) is 121 Å². The van der Waals surface area contributed by atoms with Gasteiger partial charge in [0.1, 0.15) is 17.7 Å². The predicted molar refractivity (Wildman–Crippen MR) is 231 cm³/mol. The van der Waals surface area contributed by atoms with Crippen molar-refractivity contribution in [1.82, 2.24) is 31.3 Å². The van der Waals surface area contributed by atoms with E-state index in [1.165, 1.54) is 11.8 Å². The Balaban J connectivity index is 1.21. The molecule has 5 N–H and O–H groups in total. The number of H-pyrrole nitrogens is 1. The van der Waals surface area contributed by atoms with Crippen LogP contribution in [-0.2, 0) is 35.2 Å². The maximum absolute atomic E-state index is 14.8. The van der Waals surface area contributed by atoms with Crippen LogP contribution < -0.4 is 21.4 Å². The average Bonchev–Trinajstić information content (AvgIpc) is 3.92. The first-order valence-corrected chi connectivity index (χ1v) is 21.6. The topological polar surface area (TPSA) is 179 Å². The van der Waals surface area contributed by atoms with Crippen LogP contribution in [0.5, 0.6) is 0 Å². The fraction of sp³-hybridized carbons (Fsp3) is 0.522. The number of Topliss-reactive ketones (excluding diaryl/α,β-unsaturated/α-hetero) is 2. The third-order valence-electron chi connectivity index (χ3n) is 12.0. The monoisotopic (exact) mass is 842 g/mol. The van der Waals surface area contributed by atoms with Gasteiger partial charge >= 0.3 is 0 Å². The lowest BCUT2D eigenvalue weighted by Crippen LogP contribution is -2.59. The van der Waals surface area contributed by atoms with Crippen molar-refractivity contribution in [2.75, 3.05) is 6.54 Å². The quantitative estimate of drug-likeness (QED) is 0.0869. The summed E-state index contributed by atoms with van der Waals surface area (Å²) in [7, 11) is 0. The molecule has 4 amide bonds. The number of hydrogen-bond acceptors (Lipinski definition) is 8. The summed E-state index contributed by atoms with van der Waals surface area (Å²) in [6.07, 6.45) is 10.4. The Bertz CT molecular complexity index is 2150. The number of aromatic amines is 1. The number of hydrogen-bond donors (Lipinski definition) is 5. The van der Waals surface area contributed by atoms with Crippen molar-refractivity contribution in [3.8, 4) is 0 Å². The smallest absolute Gasteiger partial charge is 0.289 e. The Hall–Kier alpha value is -5.01. The molecule has 0 radical (unpaired) electrons. The summed E-state index contributed by atoms with van der Waals surface area (Å²) >= 11 is 6.30. The molecule has 1 aromatic heterocycles. The third-order valence-corrected chi connectivity index (χ3v) is 12.2. The van der Waals surface area contributed by atoms with Crippen LogP contribution in [0, 0.1) is 11.3 Å².